The van der Waals surface area contributed by atoms with Gasteiger partial charge in [0.2, 0.25) is 5.91 Å². The van der Waals surface area contributed by atoms with E-state index in [9.17, 15) is 9.59 Å². The van der Waals surface area contributed by atoms with Crippen molar-refractivity contribution >= 4 is 23.3 Å². The first-order valence-corrected chi connectivity index (χ1v) is 13.2. The minimum atomic E-state index is -0.314. The predicted octanol–water partition coefficient (Wildman–Crippen LogP) is 6.73. The highest BCUT2D eigenvalue weighted by molar-refractivity contribution is 6.01. The zero-order valence-electron chi connectivity index (χ0n) is 22.4. The lowest BCUT2D eigenvalue weighted by molar-refractivity contribution is -0.119. The molecule has 3 amide bonds. The Morgan fingerprint density at radius 2 is 1.58 bits per heavy atom. The topological polar surface area (TPSA) is 57.6 Å². The average Bonchev–Trinajstić information content (AvgIpc) is 3.41. The molecule has 38 heavy (non-hydrogen) atoms. The maximum absolute atomic E-state index is 14.2. The van der Waals surface area contributed by atoms with Crippen molar-refractivity contribution in [3.8, 4) is 5.69 Å². The minimum Gasteiger partial charge on any atom is -0.316 e. The summed E-state index contributed by atoms with van der Waals surface area (Å²) in [5.41, 5.74) is 6.80. The summed E-state index contributed by atoms with van der Waals surface area (Å²) in [6, 6.07) is 27.4. The summed E-state index contributed by atoms with van der Waals surface area (Å²) in [6.07, 6.45) is 2.84. The molecule has 0 saturated carbocycles. The highest BCUT2D eigenvalue weighted by Crippen LogP contribution is 2.42. The first-order valence-electron chi connectivity index (χ1n) is 13.2. The Morgan fingerprint density at radius 1 is 0.895 bits per heavy atom. The molecule has 1 aliphatic heterocycles. The van der Waals surface area contributed by atoms with E-state index in [1.165, 1.54) is 0 Å². The molecule has 0 spiro atoms. The summed E-state index contributed by atoms with van der Waals surface area (Å²) >= 11 is 0. The van der Waals surface area contributed by atoms with Crippen LogP contribution in [0.1, 0.15) is 49.2 Å². The third kappa shape index (κ3) is 4.70. The molecule has 0 fully saturated rings. The van der Waals surface area contributed by atoms with E-state index >= 15 is 0 Å². The Labute approximate surface area is 224 Å². The molecule has 0 aliphatic carbocycles. The number of fused-ring (bicyclic) bond motifs is 3. The summed E-state index contributed by atoms with van der Waals surface area (Å²) in [6.45, 7) is 7.94. The number of amides is 3. The lowest BCUT2D eigenvalue weighted by Crippen LogP contribution is -2.49. The van der Waals surface area contributed by atoms with Crippen molar-refractivity contribution in [3.63, 3.8) is 0 Å². The number of aromatic nitrogens is 1. The van der Waals surface area contributed by atoms with Crippen molar-refractivity contribution in [2.24, 2.45) is 0 Å². The van der Waals surface area contributed by atoms with Crippen molar-refractivity contribution < 1.29 is 9.59 Å². The Kier molecular flexibility index (Phi) is 7.05. The molecule has 0 bridgehead atoms. The molecule has 2 heterocycles. The Morgan fingerprint density at radius 3 is 2.29 bits per heavy atom. The first-order chi connectivity index (χ1) is 18.4. The van der Waals surface area contributed by atoms with Gasteiger partial charge in [-0.15, -0.1) is 0 Å². The van der Waals surface area contributed by atoms with Gasteiger partial charge in [0.15, 0.2) is 0 Å². The normalized spacial score (nSPS) is 14.1. The van der Waals surface area contributed by atoms with E-state index in [0.717, 1.165) is 45.9 Å². The lowest BCUT2D eigenvalue weighted by Gasteiger charge is -2.40. The molecular weight excluding hydrogens is 472 g/mol. The van der Waals surface area contributed by atoms with Gasteiger partial charge in [0, 0.05) is 17.9 Å². The second kappa shape index (κ2) is 10.6. The number of urea groups is 1. The third-order valence-corrected chi connectivity index (χ3v) is 7.21. The van der Waals surface area contributed by atoms with E-state index in [4.69, 9.17) is 0 Å². The van der Waals surface area contributed by atoms with Gasteiger partial charge in [0.05, 0.1) is 17.1 Å². The van der Waals surface area contributed by atoms with Gasteiger partial charge in [-0.3, -0.25) is 9.69 Å². The van der Waals surface area contributed by atoms with Crippen LogP contribution in [0.25, 0.3) is 5.69 Å². The van der Waals surface area contributed by atoms with E-state index in [-0.39, 0.29) is 30.6 Å². The van der Waals surface area contributed by atoms with Crippen molar-refractivity contribution in [3.05, 3.63) is 114 Å². The van der Waals surface area contributed by atoms with Crippen LogP contribution in [0, 0.1) is 6.92 Å². The molecule has 6 heteroatoms. The maximum atomic E-state index is 14.2. The second-order valence-corrected chi connectivity index (χ2v) is 10.0. The molecule has 6 nitrogen and oxygen atoms in total. The molecule has 5 rings (SSSR count). The molecule has 1 aliphatic rings. The zero-order chi connectivity index (χ0) is 26.8. The van der Waals surface area contributed by atoms with E-state index in [0.29, 0.717) is 0 Å². The summed E-state index contributed by atoms with van der Waals surface area (Å²) in [7, 11) is 0. The van der Waals surface area contributed by atoms with E-state index < -0.39 is 0 Å². The number of hydrogen-bond acceptors (Lipinski definition) is 2. The van der Waals surface area contributed by atoms with Crippen molar-refractivity contribution in [1.29, 1.82) is 0 Å². The number of para-hydroxylation sites is 3. The van der Waals surface area contributed by atoms with Crippen LogP contribution in [0.2, 0.25) is 0 Å². The lowest BCUT2D eigenvalue weighted by atomic mass is 9.97. The fourth-order valence-electron chi connectivity index (χ4n) is 5.17. The molecule has 1 atom stereocenters. The van der Waals surface area contributed by atoms with Gasteiger partial charge in [0.1, 0.15) is 12.6 Å². The quantitative estimate of drug-likeness (QED) is 0.315. The van der Waals surface area contributed by atoms with Crippen molar-refractivity contribution in [1.82, 2.24) is 9.47 Å². The van der Waals surface area contributed by atoms with Crippen LogP contribution in [-0.2, 0) is 11.2 Å². The monoisotopic (exact) mass is 506 g/mol. The smallest absolute Gasteiger partial charge is 0.316 e. The molecule has 1 unspecified atom stereocenters. The average molecular weight is 507 g/mol. The van der Waals surface area contributed by atoms with Crippen LogP contribution >= 0.6 is 0 Å². The highest BCUT2D eigenvalue weighted by Gasteiger charge is 2.37. The zero-order valence-corrected chi connectivity index (χ0v) is 22.4. The summed E-state index contributed by atoms with van der Waals surface area (Å²) in [5, 5.41) is 3.04. The SMILES string of the molecule is CCc1ccccc1NC(=O)N(CC(=O)N1c2ccccc2-n2cccc2C1c1ccc(C)cc1)C(C)C. The molecule has 3 aromatic carbocycles. The molecule has 1 N–H and O–H groups in total. The van der Waals surface area contributed by atoms with E-state index in [1.54, 1.807) is 4.90 Å². The number of aryl methyl sites for hydroxylation is 2. The Hall–Kier alpha value is -4.32. The number of benzene rings is 3. The van der Waals surface area contributed by atoms with E-state index in [2.05, 4.69) is 54.1 Å². The van der Waals surface area contributed by atoms with Gasteiger partial charge < -0.3 is 14.8 Å². The number of carbonyl (C=O) groups excluding carboxylic acids is 2. The van der Waals surface area contributed by atoms with Crippen molar-refractivity contribution in [2.45, 2.75) is 46.2 Å². The second-order valence-electron chi connectivity index (χ2n) is 10.0. The number of anilines is 2. The molecule has 194 valence electrons. The van der Waals surface area contributed by atoms with Gasteiger partial charge >= 0.3 is 6.03 Å². The fraction of sp³-hybridized carbons (Fsp3) is 0.250. The molecular formula is C32H34N4O2. The Bertz CT molecular complexity index is 1450. The van der Waals surface area contributed by atoms with Crippen LogP contribution in [0.5, 0.6) is 0 Å². The minimum absolute atomic E-state index is 0.0464. The first kappa shape index (κ1) is 25.3. The summed E-state index contributed by atoms with van der Waals surface area (Å²) < 4.78 is 2.15. The Balaban J connectivity index is 1.51. The van der Waals surface area contributed by atoms with Gasteiger partial charge in [0.25, 0.3) is 0 Å². The number of rotatable bonds is 6. The molecule has 0 radical (unpaired) electrons. The number of carbonyl (C=O) groups is 2. The number of nitrogens with zero attached hydrogens (tertiary/aromatic N) is 3. The largest absolute Gasteiger partial charge is 0.322 e. The van der Waals surface area contributed by atoms with Gasteiger partial charge in [-0.25, -0.2) is 4.79 Å². The molecule has 1 aromatic heterocycles. The van der Waals surface area contributed by atoms with Gasteiger partial charge in [-0.2, -0.15) is 0 Å². The molecule has 4 aromatic rings. The molecule has 0 saturated heterocycles. The van der Waals surface area contributed by atoms with Gasteiger partial charge in [-0.1, -0.05) is 67.1 Å². The van der Waals surface area contributed by atoms with Crippen LogP contribution in [0.15, 0.2) is 91.1 Å². The van der Waals surface area contributed by atoms with Crippen molar-refractivity contribution in [2.75, 3.05) is 16.8 Å². The van der Waals surface area contributed by atoms with Crippen LogP contribution in [-0.4, -0.2) is 34.0 Å². The van der Waals surface area contributed by atoms with Crippen LogP contribution in [0.4, 0.5) is 16.2 Å². The summed E-state index contributed by atoms with van der Waals surface area (Å²) in [5.74, 6) is -0.136. The standard InChI is InChI=1S/C32H34N4O2/c1-5-24-11-6-7-12-26(24)33-32(38)35(22(2)3)21-30(37)36-28-14-9-8-13-27(28)34-20-10-15-29(34)31(36)25-18-16-23(4)17-19-25/h6-20,22,31H,5,21H2,1-4H3,(H,33,38). The number of hydrogen-bond donors (Lipinski definition) is 1. The van der Waals surface area contributed by atoms with Crippen LogP contribution in [0.3, 0.4) is 0 Å². The highest BCUT2D eigenvalue weighted by atomic mass is 16.2. The van der Waals surface area contributed by atoms with E-state index in [1.807, 2.05) is 79.5 Å². The fourth-order valence-corrected chi connectivity index (χ4v) is 5.17. The maximum Gasteiger partial charge on any atom is 0.322 e. The number of nitrogens with one attached hydrogen (secondary N) is 1. The van der Waals surface area contributed by atoms with Crippen LogP contribution < -0.4 is 10.2 Å². The predicted molar refractivity (Wildman–Crippen MR) is 153 cm³/mol. The van der Waals surface area contributed by atoms with Gasteiger partial charge in [-0.05, 0) is 68.7 Å². The third-order valence-electron chi connectivity index (χ3n) is 7.21. The summed E-state index contributed by atoms with van der Waals surface area (Å²) in [4.78, 5) is 31.2.